The molecule has 1 heterocycles. The van der Waals surface area contributed by atoms with Gasteiger partial charge in [-0.2, -0.15) is 13.2 Å². The number of hydrogen-bond acceptors (Lipinski definition) is 2. The lowest BCUT2D eigenvalue weighted by atomic mass is 10.0. The number of nitrogens with zero attached hydrogens (tertiary/aromatic N) is 1. The summed E-state index contributed by atoms with van der Waals surface area (Å²) >= 11 is 3.80. The predicted molar refractivity (Wildman–Crippen MR) is 102 cm³/mol. The summed E-state index contributed by atoms with van der Waals surface area (Å²) in [5.41, 5.74) is -0.906. The lowest BCUT2D eigenvalue weighted by Crippen LogP contribution is -2.25. The van der Waals surface area contributed by atoms with Gasteiger partial charge in [-0.05, 0) is 36.6 Å². The molecule has 0 atom stereocenters. The molecule has 0 fully saturated rings. The van der Waals surface area contributed by atoms with E-state index in [9.17, 15) is 22.8 Å². The number of hydrogen-bond donors (Lipinski definition) is 2. The number of anilines is 1. The molecule has 0 unspecified atom stereocenters. The molecule has 1 aromatic heterocycles. The number of alkyl halides is 3. The van der Waals surface area contributed by atoms with Gasteiger partial charge < -0.3 is 9.88 Å². The number of fused-ring (bicyclic) bond motifs is 1. The molecule has 0 spiro atoms. The van der Waals surface area contributed by atoms with E-state index in [0.29, 0.717) is 17.6 Å². The molecule has 1 amide bonds. The second-order valence-corrected chi connectivity index (χ2v) is 6.24. The fraction of sp³-hybridized carbons (Fsp3) is 0.158. The van der Waals surface area contributed by atoms with Gasteiger partial charge in [0.15, 0.2) is 0 Å². The summed E-state index contributed by atoms with van der Waals surface area (Å²) in [7, 11) is 0. The summed E-state index contributed by atoms with van der Waals surface area (Å²) in [6, 6.07) is 11.3. The summed E-state index contributed by atoms with van der Waals surface area (Å²) < 4.78 is 39.8. The van der Waals surface area contributed by atoms with Crippen LogP contribution in [0.2, 0.25) is 0 Å². The largest absolute Gasteiger partial charge is 0.417 e. The van der Waals surface area contributed by atoms with Crippen LogP contribution in [0.25, 0.3) is 22.0 Å². The Labute approximate surface area is 158 Å². The SMILES string of the molecule is CCN(C(=O)S)c1ccc2cc(-c3ccccc3C(F)(F)F)[nH]c(=O)c2c1. The number of rotatable bonds is 3. The van der Waals surface area contributed by atoms with E-state index in [0.717, 1.165) is 6.07 Å². The molecule has 1 N–H and O–H groups in total. The van der Waals surface area contributed by atoms with Crippen LogP contribution in [0.3, 0.4) is 0 Å². The molecule has 0 saturated carbocycles. The maximum Gasteiger partial charge on any atom is 0.417 e. The zero-order chi connectivity index (χ0) is 19.8. The van der Waals surface area contributed by atoms with Crippen molar-refractivity contribution in [2.24, 2.45) is 0 Å². The molecule has 0 aliphatic carbocycles. The molecule has 3 rings (SSSR count). The highest BCUT2D eigenvalue weighted by atomic mass is 32.1. The summed E-state index contributed by atoms with van der Waals surface area (Å²) in [4.78, 5) is 28.0. The van der Waals surface area contributed by atoms with Crippen molar-refractivity contribution in [2.45, 2.75) is 13.1 Å². The average molecular weight is 392 g/mol. The van der Waals surface area contributed by atoms with Gasteiger partial charge in [-0.25, -0.2) is 0 Å². The van der Waals surface area contributed by atoms with Crippen molar-refractivity contribution in [3.63, 3.8) is 0 Å². The van der Waals surface area contributed by atoms with Crippen LogP contribution in [0.5, 0.6) is 0 Å². The van der Waals surface area contributed by atoms with Crippen LogP contribution in [0.15, 0.2) is 53.3 Å². The minimum atomic E-state index is -4.54. The Morgan fingerprint density at radius 1 is 1.15 bits per heavy atom. The highest BCUT2D eigenvalue weighted by Gasteiger charge is 2.33. The van der Waals surface area contributed by atoms with Gasteiger partial charge in [0.05, 0.1) is 5.56 Å². The van der Waals surface area contributed by atoms with Crippen LogP contribution < -0.4 is 10.5 Å². The number of carbonyl (C=O) groups is 1. The Morgan fingerprint density at radius 2 is 1.85 bits per heavy atom. The zero-order valence-electron chi connectivity index (χ0n) is 14.2. The Balaban J connectivity index is 2.18. The van der Waals surface area contributed by atoms with Crippen molar-refractivity contribution in [3.8, 4) is 11.3 Å². The molecule has 27 heavy (non-hydrogen) atoms. The number of aromatic amines is 1. The van der Waals surface area contributed by atoms with Gasteiger partial charge >= 0.3 is 6.18 Å². The molecule has 2 aromatic carbocycles. The van der Waals surface area contributed by atoms with Gasteiger partial charge in [-0.1, -0.05) is 36.9 Å². The molecule has 0 radical (unpaired) electrons. The molecular weight excluding hydrogens is 377 g/mol. The maximum absolute atomic E-state index is 13.3. The number of benzene rings is 2. The normalized spacial score (nSPS) is 11.6. The van der Waals surface area contributed by atoms with Crippen molar-refractivity contribution >= 4 is 34.3 Å². The van der Waals surface area contributed by atoms with Gasteiger partial charge in [-0.15, -0.1) is 0 Å². The standard InChI is InChI=1S/C19H15F3N2O2S/c1-2-24(18(26)27)12-8-7-11-9-16(23-17(25)14(11)10-12)13-5-3-4-6-15(13)19(20,21)22/h3-10H,2H2,1H3,(H,23,25)(H,26,27). The number of pyridine rings is 1. The van der Waals surface area contributed by atoms with Crippen LogP contribution >= 0.6 is 12.6 Å². The molecular formula is C19H15F3N2O2S. The van der Waals surface area contributed by atoms with Crippen LogP contribution in [0, 0.1) is 0 Å². The van der Waals surface area contributed by atoms with Crippen molar-refractivity contribution in [2.75, 3.05) is 11.4 Å². The Kier molecular flexibility index (Phi) is 5.01. The first-order valence-electron chi connectivity index (χ1n) is 8.06. The van der Waals surface area contributed by atoms with Crippen molar-refractivity contribution < 1.29 is 18.0 Å². The first-order valence-corrected chi connectivity index (χ1v) is 8.51. The van der Waals surface area contributed by atoms with E-state index in [1.807, 2.05) is 0 Å². The van der Waals surface area contributed by atoms with E-state index in [2.05, 4.69) is 17.6 Å². The predicted octanol–water partition coefficient (Wildman–Crippen LogP) is 5.09. The van der Waals surface area contributed by atoms with Gasteiger partial charge in [0, 0.05) is 28.9 Å². The van der Waals surface area contributed by atoms with E-state index < -0.39 is 22.5 Å². The first kappa shape index (κ1) is 19.0. The van der Waals surface area contributed by atoms with E-state index in [1.54, 1.807) is 19.1 Å². The van der Waals surface area contributed by atoms with Crippen LogP contribution in [0.4, 0.5) is 23.7 Å². The van der Waals surface area contributed by atoms with E-state index in [4.69, 9.17) is 0 Å². The summed E-state index contributed by atoms with van der Waals surface area (Å²) in [6.45, 7) is 2.13. The number of nitrogens with one attached hydrogen (secondary N) is 1. The van der Waals surface area contributed by atoms with Crippen LogP contribution in [-0.2, 0) is 6.18 Å². The third-order valence-corrected chi connectivity index (χ3v) is 4.45. The molecule has 0 aliphatic heterocycles. The lowest BCUT2D eigenvalue weighted by Gasteiger charge is -2.18. The number of H-pyrrole nitrogens is 1. The van der Waals surface area contributed by atoms with Crippen LogP contribution in [0.1, 0.15) is 12.5 Å². The van der Waals surface area contributed by atoms with E-state index >= 15 is 0 Å². The Morgan fingerprint density at radius 3 is 2.48 bits per heavy atom. The fourth-order valence-electron chi connectivity index (χ4n) is 2.95. The van der Waals surface area contributed by atoms with Crippen LogP contribution in [-0.4, -0.2) is 16.8 Å². The minimum Gasteiger partial charge on any atom is -0.321 e. The second-order valence-electron chi connectivity index (χ2n) is 5.85. The molecule has 4 nitrogen and oxygen atoms in total. The van der Waals surface area contributed by atoms with E-state index in [-0.39, 0.29) is 16.6 Å². The van der Waals surface area contributed by atoms with Crippen molar-refractivity contribution in [1.29, 1.82) is 0 Å². The minimum absolute atomic E-state index is 0.0748. The monoisotopic (exact) mass is 392 g/mol. The smallest absolute Gasteiger partial charge is 0.321 e. The highest BCUT2D eigenvalue weighted by molar-refractivity contribution is 7.96. The zero-order valence-corrected chi connectivity index (χ0v) is 15.1. The number of halogens is 3. The number of thiol groups is 1. The van der Waals surface area contributed by atoms with Gasteiger partial charge in [-0.3, -0.25) is 9.59 Å². The molecule has 0 bridgehead atoms. The number of aromatic nitrogens is 1. The molecule has 0 saturated heterocycles. The Hall–Kier alpha value is -2.74. The van der Waals surface area contributed by atoms with Crippen molar-refractivity contribution in [3.05, 3.63) is 64.4 Å². The van der Waals surface area contributed by atoms with Gasteiger partial charge in [0.25, 0.3) is 10.8 Å². The quantitative estimate of drug-likeness (QED) is 0.610. The number of carbonyl (C=O) groups excluding carboxylic acids is 1. The van der Waals surface area contributed by atoms with Gasteiger partial charge in [0.1, 0.15) is 0 Å². The Bertz CT molecular complexity index is 1080. The summed E-state index contributed by atoms with van der Waals surface area (Å²) in [6.07, 6.45) is -4.54. The topological polar surface area (TPSA) is 53.2 Å². The highest BCUT2D eigenvalue weighted by Crippen LogP contribution is 2.36. The third kappa shape index (κ3) is 3.71. The fourth-order valence-corrected chi connectivity index (χ4v) is 3.21. The number of amides is 1. The summed E-state index contributed by atoms with van der Waals surface area (Å²) in [5, 5.41) is 0.273. The molecule has 140 valence electrons. The maximum atomic E-state index is 13.3. The molecule has 0 aliphatic rings. The molecule has 3 aromatic rings. The van der Waals surface area contributed by atoms with E-state index in [1.165, 1.54) is 35.2 Å². The van der Waals surface area contributed by atoms with Crippen molar-refractivity contribution in [1.82, 2.24) is 4.98 Å². The lowest BCUT2D eigenvalue weighted by molar-refractivity contribution is -0.137. The second kappa shape index (κ2) is 7.11. The average Bonchev–Trinajstić information content (AvgIpc) is 2.61. The molecule has 8 heteroatoms. The first-order chi connectivity index (χ1) is 12.7. The third-order valence-electron chi connectivity index (χ3n) is 4.21. The summed E-state index contributed by atoms with van der Waals surface area (Å²) in [5.74, 6) is 0. The van der Waals surface area contributed by atoms with Gasteiger partial charge in [0.2, 0.25) is 0 Å².